The largest absolute Gasteiger partial charge is 0.381 e. The molecule has 1 aromatic carbocycles. The number of nitro groups is 1. The molecule has 0 N–H and O–H groups in total. The van der Waals surface area contributed by atoms with Crippen molar-refractivity contribution in [2.75, 3.05) is 32.8 Å². The number of ether oxygens (including phenoxy) is 1. The number of guanidine groups is 1. The molecule has 0 amide bonds. The summed E-state index contributed by atoms with van der Waals surface area (Å²) in [6.45, 7) is 3.64. The zero-order valence-corrected chi connectivity index (χ0v) is 14.8. The minimum absolute atomic E-state index is 0.398. The van der Waals surface area contributed by atoms with Gasteiger partial charge in [0.05, 0.1) is 6.61 Å². The zero-order chi connectivity index (χ0) is 16.9. The van der Waals surface area contributed by atoms with E-state index in [2.05, 4.69) is 21.0 Å². The Balaban J connectivity index is 1.74. The van der Waals surface area contributed by atoms with Gasteiger partial charge in [-0.3, -0.25) is 0 Å². The third-order valence-electron chi connectivity index (χ3n) is 4.16. The standard InChI is InChI=1S/C16H19BrN4O3/c17-15-4-2-1-3-14(15)5-7-19-8-9-20(16(19)18-21(22)23)11-13-6-10-24-12-13/h1-5,7,13H,6,8-12H2. The highest BCUT2D eigenvalue weighted by Crippen LogP contribution is 2.20. The van der Waals surface area contributed by atoms with Gasteiger partial charge in [0.2, 0.25) is 0 Å². The van der Waals surface area contributed by atoms with Gasteiger partial charge in [-0.2, -0.15) is 0 Å². The van der Waals surface area contributed by atoms with Gasteiger partial charge in [0.25, 0.3) is 5.96 Å². The van der Waals surface area contributed by atoms with Gasteiger partial charge < -0.3 is 14.5 Å². The second-order valence-corrected chi connectivity index (χ2v) is 6.70. The van der Waals surface area contributed by atoms with Crippen LogP contribution >= 0.6 is 15.9 Å². The molecule has 8 heteroatoms. The van der Waals surface area contributed by atoms with E-state index in [1.165, 1.54) is 0 Å². The summed E-state index contributed by atoms with van der Waals surface area (Å²) in [5.41, 5.74) is 1.01. The Hall–Kier alpha value is -1.93. The van der Waals surface area contributed by atoms with Crippen LogP contribution in [-0.2, 0) is 4.74 Å². The number of rotatable bonds is 5. The predicted octanol–water partition coefficient (Wildman–Crippen LogP) is 2.62. The van der Waals surface area contributed by atoms with E-state index in [-0.39, 0.29) is 0 Å². The van der Waals surface area contributed by atoms with E-state index in [0.717, 1.165) is 42.8 Å². The second kappa shape index (κ2) is 7.76. The smallest absolute Gasteiger partial charge is 0.278 e. The fourth-order valence-electron chi connectivity index (χ4n) is 2.94. The molecule has 2 heterocycles. The van der Waals surface area contributed by atoms with E-state index in [0.29, 0.717) is 18.4 Å². The minimum Gasteiger partial charge on any atom is -0.381 e. The van der Waals surface area contributed by atoms with Gasteiger partial charge in [-0.05, 0) is 24.1 Å². The molecular formula is C16H19BrN4O3. The van der Waals surface area contributed by atoms with Crippen molar-refractivity contribution in [1.82, 2.24) is 9.80 Å². The van der Waals surface area contributed by atoms with Gasteiger partial charge in [0, 0.05) is 42.8 Å². The van der Waals surface area contributed by atoms with Crippen LogP contribution in [0, 0.1) is 16.0 Å². The highest BCUT2D eigenvalue weighted by atomic mass is 79.9. The molecule has 0 aliphatic carbocycles. The molecule has 2 saturated heterocycles. The van der Waals surface area contributed by atoms with Gasteiger partial charge >= 0.3 is 0 Å². The SMILES string of the molecule is O=[N+]([O-])N=C1N(C=Cc2ccccc2Br)CCN1CC1CCOC1. The van der Waals surface area contributed by atoms with E-state index >= 15 is 0 Å². The maximum Gasteiger partial charge on any atom is 0.278 e. The summed E-state index contributed by atoms with van der Waals surface area (Å²) in [6, 6.07) is 7.84. The average molecular weight is 395 g/mol. The molecule has 128 valence electrons. The van der Waals surface area contributed by atoms with Crippen molar-refractivity contribution in [3.05, 3.63) is 50.6 Å². The van der Waals surface area contributed by atoms with Crippen molar-refractivity contribution in [2.45, 2.75) is 6.42 Å². The molecule has 1 aromatic rings. The van der Waals surface area contributed by atoms with Crippen LogP contribution in [0.2, 0.25) is 0 Å². The van der Waals surface area contributed by atoms with E-state index in [4.69, 9.17) is 4.74 Å². The summed E-state index contributed by atoms with van der Waals surface area (Å²) in [4.78, 5) is 14.7. The Kier molecular flexibility index (Phi) is 5.47. The third-order valence-corrected chi connectivity index (χ3v) is 4.89. The van der Waals surface area contributed by atoms with E-state index in [1.807, 2.05) is 46.3 Å². The molecule has 0 bridgehead atoms. The second-order valence-electron chi connectivity index (χ2n) is 5.84. The van der Waals surface area contributed by atoms with E-state index in [9.17, 15) is 10.1 Å². The lowest BCUT2D eigenvalue weighted by molar-refractivity contribution is -0.486. The van der Waals surface area contributed by atoms with Crippen LogP contribution in [0.1, 0.15) is 12.0 Å². The molecule has 0 aromatic heterocycles. The molecule has 1 unspecified atom stereocenters. The van der Waals surface area contributed by atoms with Crippen molar-refractivity contribution in [3.63, 3.8) is 0 Å². The first-order chi connectivity index (χ1) is 11.6. The number of hydrazone groups is 1. The highest BCUT2D eigenvalue weighted by molar-refractivity contribution is 9.10. The average Bonchev–Trinajstić information content (AvgIpc) is 3.18. The monoisotopic (exact) mass is 394 g/mol. The molecule has 0 saturated carbocycles. The van der Waals surface area contributed by atoms with Crippen molar-refractivity contribution in [2.24, 2.45) is 11.0 Å². The van der Waals surface area contributed by atoms with Crippen LogP contribution in [0.15, 0.2) is 40.0 Å². The van der Waals surface area contributed by atoms with Crippen molar-refractivity contribution in [3.8, 4) is 0 Å². The third kappa shape index (κ3) is 4.12. The lowest BCUT2D eigenvalue weighted by atomic mass is 10.1. The normalized spacial score (nSPS) is 22.9. The van der Waals surface area contributed by atoms with Gasteiger partial charge in [0.15, 0.2) is 5.03 Å². The molecule has 1 atom stereocenters. The summed E-state index contributed by atoms with van der Waals surface area (Å²) in [6.07, 6.45) is 4.78. The zero-order valence-electron chi connectivity index (χ0n) is 13.2. The topological polar surface area (TPSA) is 71.2 Å². The molecule has 2 fully saturated rings. The van der Waals surface area contributed by atoms with Crippen molar-refractivity contribution < 1.29 is 9.77 Å². The Labute approximate surface area is 148 Å². The number of hydrogen-bond acceptors (Lipinski definition) is 3. The summed E-state index contributed by atoms with van der Waals surface area (Å²) < 4.78 is 6.38. The Bertz CT molecular complexity index is 658. The molecular weight excluding hydrogens is 376 g/mol. The Morgan fingerprint density at radius 1 is 1.42 bits per heavy atom. The fourth-order valence-corrected chi connectivity index (χ4v) is 3.35. The van der Waals surface area contributed by atoms with Gasteiger partial charge in [-0.25, -0.2) is 10.1 Å². The molecule has 2 aliphatic heterocycles. The first-order valence-corrected chi connectivity index (χ1v) is 8.68. The first kappa shape index (κ1) is 16.9. The van der Waals surface area contributed by atoms with E-state index < -0.39 is 5.03 Å². The van der Waals surface area contributed by atoms with Crippen LogP contribution in [0.25, 0.3) is 6.08 Å². The number of hydrogen-bond donors (Lipinski definition) is 0. The van der Waals surface area contributed by atoms with Crippen LogP contribution in [0.5, 0.6) is 0 Å². The minimum atomic E-state index is -0.627. The van der Waals surface area contributed by atoms with Crippen molar-refractivity contribution >= 4 is 28.0 Å². The quantitative estimate of drug-likeness (QED) is 0.566. The van der Waals surface area contributed by atoms with Gasteiger partial charge in [-0.15, -0.1) is 0 Å². The lowest BCUT2D eigenvalue weighted by Gasteiger charge is -2.21. The van der Waals surface area contributed by atoms with Crippen LogP contribution in [0.4, 0.5) is 0 Å². The van der Waals surface area contributed by atoms with E-state index in [1.54, 1.807) is 0 Å². The summed E-state index contributed by atoms with van der Waals surface area (Å²) >= 11 is 3.50. The van der Waals surface area contributed by atoms with Crippen LogP contribution < -0.4 is 0 Å². The molecule has 2 aliphatic rings. The number of halogens is 1. The maximum absolute atomic E-state index is 10.9. The maximum atomic E-state index is 10.9. The summed E-state index contributed by atoms with van der Waals surface area (Å²) in [5.74, 6) is 0.810. The first-order valence-electron chi connectivity index (χ1n) is 7.88. The van der Waals surface area contributed by atoms with Gasteiger partial charge in [0.1, 0.15) is 5.10 Å². The van der Waals surface area contributed by atoms with Gasteiger partial charge in [-0.1, -0.05) is 34.1 Å². The van der Waals surface area contributed by atoms with Crippen LogP contribution in [-0.4, -0.2) is 53.6 Å². The predicted molar refractivity (Wildman–Crippen MR) is 94.8 cm³/mol. The molecule has 0 spiro atoms. The molecule has 3 rings (SSSR count). The summed E-state index contributed by atoms with van der Waals surface area (Å²) in [5, 5.41) is 13.9. The number of nitrogens with zero attached hydrogens (tertiary/aromatic N) is 4. The Morgan fingerprint density at radius 2 is 2.25 bits per heavy atom. The van der Waals surface area contributed by atoms with Crippen molar-refractivity contribution in [1.29, 1.82) is 0 Å². The lowest BCUT2D eigenvalue weighted by Crippen LogP contribution is -2.35. The highest BCUT2D eigenvalue weighted by Gasteiger charge is 2.31. The van der Waals surface area contributed by atoms with Crippen LogP contribution in [0.3, 0.4) is 0 Å². The Morgan fingerprint density at radius 3 is 2.96 bits per heavy atom. The fraction of sp³-hybridized carbons (Fsp3) is 0.438. The molecule has 0 radical (unpaired) electrons. The summed E-state index contributed by atoms with van der Waals surface area (Å²) in [7, 11) is 0. The molecule has 24 heavy (non-hydrogen) atoms. The molecule has 7 nitrogen and oxygen atoms in total. The number of benzene rings is 1.